The SMILES string of the molecule is Cc1nc(C)c(C)c(CN(C)c2ccccc2C)n1. The molecule has 0 aliphatic carbocycles. The third-order valence-corrected chi connectivity index (χ3v) is 3.52. The lowest BCUT2D eigenvalue weighted by atomic mass is 10.1. The molecule has 3 nitrogen and oxygen atoms in total. The van der Waals surface area contributed by atoms with Gasteiger partial charge in [0.05, 0.1) is 12.2 Å². The van der Waals surface area contributed by atoms with Gasteiger partial charge in [-0.2, -0.15) is 0 Å². The monoisotopic (exact) mass is 255 g/mol. The molecule has 0 spiro atoms. The lowest BCUT2D eigenvalue weighted by molar-refractivity contribution is 0.832. The van der Waals surface area contributed by atoms with E-state index in [0.717, 1.165) is 23.8 Å². The first-order chi connectivity index (χ1) is 8.99. The first-order valence-corrected chi connectivity index (χ1v) is 6.56. The van der Waals surface area contributed by atoms with Crippen molar-refractivity contribution in [2.75, 3.05) is 11.9 Å². The Bertz CT molecular complexity index is 591. The van der Waals surface area contributed by atoms with Crippen LogP contribution in [0.2, 0.25) is 0 Å². The number of anilines is 1. The van der Waals surface area contributed by atoms with Crippen molar-refractivity contribution in [3.05, 3.63) is 52.6 Å². The van der Waals surface area contributed by atoms with Crippen LogP contribution in [0.1, 0.15) is 28.3 Å². The molecule has 2 aromatic rings. The van der Waals surface area contributed by atoms with Crippen LogP contribution in [-0.2, 0) is 6.54 Å². The van der Waals surface area contributed by atoms with E-state index in [9.17, 15) is 0 Å². The average molecular weight is 255 g/mol. The third kappa shape index (κ3) is 2.92. The molecule has 0 N–H and O–H groups in total. The maximum absolute atomic E-state index is 4.58. The molecule has 19 heavy (non-hydrogen) atoms. The van der Waals surface area contributed by atoms with Gasteiger partial charge >= 0.3 is 0 Å². The van der Waals surface area contributed by atoms with Crippen molar-refractivity contribution in [1.29, 1.82) is 0 Å². The highest BCUT2D eigenvalue weighted by Crippen LogP contribution is 2.20. The molecule has 0 atom stereocenters. The predicted molar refractivity (Wildman–Crippen MR) is 79.5 cm³/mol. The van der Waals surface area contributed by atoms with Gasteiger partial charge < -0.3 is 4.90 Å². The molecule has 0 saturated carbocycles. The van der Waals surface area contributed by atoms with Crippen LogP contribution in [0.4, 0.5) is 5.69 Å². The number of aryl methyl sites for hydroxylation is 3. The summed E-state index contributed by atoms with van der Waals surface area (Å²) in [5.41, 5.74) is 5.89. The van der Waals surface area contributed by atoms with Crippen LogP contribution in [0.15, 0.2) is 24.3 Å². The van der Waals surface area contributed by atoms with Crippen LogP contribution in [-0.4, -0.2) is 17.0 Å². The Balaban J connectivity index is 2.29. The zero-order chi connectivity index (χ0) is 14.0. The number of hydrogen-bond donors (Lipinski definition) is 0. The van der Waals surface area contributed by atoms with E-state index in [0.29, 0.717) is 0 Å². The summed E-state index contributed by atoms with van der Waals surface area (Å²) >= 11 is 0. The minimum absolute atomic E-state index is 0.806. The zero-order valence-electron chi connectivity index (χ0n) is 12.4. The minimum Gasteiger partial charge on any atom is -0.368 e. The van der Waals surface area contributed by atoms with Crippen LogP contribution in [0, 0.1) is 27.7 Å². The first kappa shape index (κ1) is 13.5. The molecular weight excluding hydrogens is 234 g/mol. The molecule has 2 rings (SSSR count). The summed E-state index contributed by atoms with van der Waals surface area (Å²) in [4.78, 5) is 11.2. The Hall–Kier alpha value is -1.90. The summed E-state index contributed by atoms with van der Waals surface area (Å²) in [6, 6.07) is 8.42. The Morgan fingerprint density at radius 3 is 2.37 bits per heavy atom. The molecule has 0 radical (unpaired) electrons. The zero-order valence-corrected chi connectivity index (χ0v) is 12.4. The fourth-order valence-electron chi connectivity index (χ4n) is 2.30. The van der Waals surface area contributed by atoms with Crippen molar-refractivity contribution in [2.45, 2.75) is 34.2 Å². The number of benzene rings is 1. The molecule has 1 heterocycles. The smallest absolute Gasteiger partial charge is 0.125 e. The topological polar surface area (TPSA) is 29.0 Å². The van der Waals surface area contributed by atoms with Gasteiger partial charge in [-0.1, -0.05) is 18.2 Å². The van der Waals surface area contributed by atoms with E-state index in [4.69, 9.17) is 0 Å². The standard InChI is InChI=1S/C16H21N3/c1-11-8-6-7-9-16(11)19(5)10-15-12(2)13(3)17-14(4)18-15/h6-9H,10H2,1-5H3. The van der Waals surface area contributed by atoms with E-state index in [1.165, 1.54) is 16.8 Å². The van der Waals surface area contributed by atoms with Crippen LogP contribution < -0.4 is 4.90 Å². The van der Waals surface area contributed by atoms with Gasteiger partial charge in [0.25, 0.3) is 0 Å². The van der Waals surface area contributed by atoms with Gasteiger partial charge in [-0.3, -0.25) is 0 Å². The molecule has 0 fully saturated rings. The molecule has 0 saturated heterocycles. The molecule has 0 unspecified atom stereocenters. The maximum atomic E-state index is 4.58. The molecule has 0 aliphatic rings. The van der Waals surface area contributed by atoms with E-state index in [1.807, 2.05) is 13.8 Å². The molecule has 3 heteroatoms. The normalized spacial score (nSPS) is 10.6. The second-order valence-electron chi connectivity index (χ2n) is 5.07. The summed E-state index contributed by atoms with van der Waals surface area (Å²) in [7, 11) is 2.11. The van der Waals surface area contributed by atoms with Gasteiger partial charge in [0.15, 0.2) is 0 Å². The summed E-state index contributed by atoms with van der Waals surface area (Å²) in [5, 5.41) is 0. The van der Waals surface area contributed by atoms with Gasteiger partial charge in [0.2, 0.25) is 0 Å². The minimum atomic E-state index is 0.806. The Morgan fingerprint density at radius 2 is 1.68 bits per heavy atom. The molecule has 0 bridgehead atoms. The second-order valence-corrected chi connectivity index (χ2v) is 5.07. The van der Waals surface area contributed by atoms with Crippen molar-refractivity contribution >= 4 is 5.69 Å². The number of aromatic nitrogens is 2. The highest BCUT2D eigenvalue weighted by atomic mass is 15.1. The third-order valence-electron chi connectivity index (χ3n) is 3.52. The van der Waals surface area contributed by atoms with Crippen molar-refractivity contribution in [3.8, 4) is 0 Å². The Morgan fingerprint density at radius 1 is 1.00 bits per heavy atom. The number of nitrogens with zero attached hydrogens (tertiary/aromatic N) is 3. The van der Waals surface area contributed by atoms with Crippen molar-refractivity contribution in [2.24, 2.45) is 0 Å². The van der Waals surface area contributed by atoms with Gasteiger partial charge in [-0.15, -0.1) is 0 Å². The highest BCUT2D eigenvalue weighted by Gasteiger charge is 2.10. The van der Waals surface area contributed by atoms with Crippen LogP contribution >= 0.6 is 0 Å². The molecule has 0 aliphatic heterocycles. The van der Waals surface area contributed by atoms with E-state index in [1.54, 1.807) is 0 Å². The van der Waals surface area contributed by atoms with Crippen molar-refractivity contribution in [1.82, 2.24) is 9.97 Å². The Labute approximate surface area is 115 Å². The van der Waals surface area contributed by atoms with E-state index >= 15 is 0 Å². The fourth-order valence-corrected chi connectivity index (χ4v) is 2.30. The molecule has 1 aromatic heterocycles. The maximum Gasteiger partial charge on any atom is 0.125 e. The molecular formula is C16H21N3. The van der Waals surface area contributed by atoms with Gasteiger partial charge in [-0.05, 0) is 44.9 Å². The van der Waals surface area contributed by atoms with Gasteiger partial charge in [-0.25, -0.2) is 9.97 Å². The predicted octanol–water partition coefficient (Wildman–Crippen LogP) is 3.35. The van der Waals surface area contributed by atoms with Crippen molar-refractivity contribution < 1.29 is 0 Å². The fraction of sp³-hybridized carbons (Fsp3) is 0.375. The summed E-state index contributed by atoms with van der Waals surface area (Å²) in [5.74, 6) is 0.844. The number of para-hydroxylation sites is 1. The van der Waals surface area contributed by atoms with Crippen LogP contribution in [0.25, 0.3) is 0 Å². The van der Waals surface area contributed by atoms with E-state index < -0.39 is 0 Å². The first-order valence-electron chi connectivity index (χ1n) is 6.56. The summed E-state index contributed by atoms with van der Waals surface area (Å²) in [6.07, 6.45) is 0. The molecule has 1 aromatic carbocycles. The van der Waals surface area contributed by atoms with Crippen LogP contribution in [0.3, 0.4) is 0 Å². The van der Waals surface area contributed by atoms with E-state index in [2.05, 4.69) is 60.0 Å². The average Bonchev–Trinajstić information content (AvgIpc) is 2.35. The van der Waals surface area contributed by atoms with Gasteiger partial charge in [0, 0.05) is 18.4 Å². The quantitative estimate of drug-likeness (QED) is 0.842. The summed E-state index contributed by atoms with van der Waals surface area (Å²) < 4.78 is 0. The molecule has 100 valence electrons. The summed E-state index contributed by atoms with van der Waals surface area (Å²) in [6.45, 7) is 9.02. The number of hydrogen-bond acceptors (Lipinski definition) is 3. The van der Waals surface area contributed by atoms with Crippen molar-refractivity contribution in [3.63, 3.8) is 0 Å². The Kier molecular flexibility index (Phi) is 3.84. The number of rotatable bonds is 3. The van der Waals surface area contributed by atoms with Gasteiger partial charge in [0.1, 0.15) is 5.82 Å². The highest BCUT2D eigenvalue weighted by molar-refractivity contribution is 5.52. The second kappa shape index (κ2) is 5.39. The molecule has 0 amide bonds. The lowest BCUT2D eigenvalue weighted by Crippen LogP contribution is -2.20. The lowest BCUT2D eigenvalue weighted by Gasteiger charge is -2.22. The van der Waals surface area contributed by atoms with Crippen LogP contribution in [0.5, 0.6) is 0 Å². The largest absolute Gasteiger partial charge is 0.368 e. The van der Waals surface area contributed by atoms with E-state index in [-0.39, 0.29) is 0 Å².